The molecule has 0 aliphatic heterocycles. The highest BCUT2D eigenvalue weighted by Crippen LogP contribution is 2.45. The summed E-state index contributed by atoms with van der Waals surface area (Å²) in [5.41, 5.74) is 0. The molecule has 1 fully saturated rings. The van der Waals surface area contributed by atoms with Crippen LogP contribution in [0.15, 0.2) is 0 Å². The standard InChI is InChI=1S/C12H26NO3P/c1-3-10-15-17(14,16-11-4-2)13-12-8-6-5-7-9-12/h12H,3-11H2,1-2H3,(H,13,14). The Hall–Kier alpha value is 0.110. The van der Waals surface area contributed by atoms with Crippen LogP contribution in [0.25, 0.3) is 0 Å². The first kappa shape index (κ1) is 15.2. The summed E-state index contributed by atoms with van der Waals surface area (Å²) in [6.45, 7) is 4.98. The van der Waals surface area contributed by atoms with Gasteiger partial charge in [-0.2, -0.15) is 0 Å². The zero-order chi connectivity index (χ0) is 12.6. The van der Waals surface area contributed by atoms with Gasteiger partial charge in [-0.05, 0) is 25.7 Å². The maximum absolute atomic E-state index is 12.4. The van der Waals surface area contributed by atoms with Crippen molar-refractivity contribution in [1.82, 2.24) is 5.09 Å². The van der Waals surface area contributed by atoms with Crippen LogP contribution in [0.1, 0.15) is 58.8 Å². The molecule has 0 aromatic heterocycles. The van der Waals surface area contributed by atoms with E-state index in [0.29, 0.717) is 19.3 Å². The van der Waals surface area contributed by atoms with Crippen LogP contribution in [0, 0.1) is 0 Å². The first-order chi connectivity index (χ1) is 8.20. The van der Waals surface area contributed by atoms with Gasteiger partial charge in [0.25, 0.3) is 0 Å². The van der Waals surface area contributed by atoms with Gasteiger partial charge in [0, 0.05) is 6.04 Å². The summed E-state index contributed by atoms with van der Waals surface area (Å²) in [6, 6.07) is 0.295. The van der Waals surface area contributed by atoms with Crippen molar-refractivity contribution in [3.05, 3.63) is 0 Å². The van der Waals surface area contributed by atoms with E-state index >= 15 is 0 Å². The third kappa shape index (κ3) is 6.01. The van der Waals surface area contributed by atoms with E-state index in [4.69, 9.17) is 9.05 Å². The Balaban J connectivity index is 2.45. The highest BCUT2D eigenvalue weighted by Gasteiger charge is 2.28. The smallest absolute Gasteiger partial charge is 0.297 e. The number of rotatable bonds is 8. The van der Waals surface area contributed by atoms with Crippen LogP contribution in [-0.2, 0) is 13.6 Å². The second-order valence-corrected chi connectivity index (χ2v) is 6.40. The fraction of sp³-hybridized carbons (Fsp3) is 1.00. The maximum atomic E-state index is 12.4. The van der Waals surface area contributed by atoms with Gasteiger partial charge in [0.05, 0.1) is 13.2 Å². The molecular formula is C12H26NO3P. The van der Waals surface area contributed by atoms with Gasteiger partial charge >= 0.3 is 7.75 Å². The van der Waals surface area contributed by atoms with Crippen LogP contribution in [0.4, 0.5) is 0 Å². The molecule has 0 radical (unpaired) electrons. The second-order valence-electron chi connectivity index (χ2n) is 4.63. The van der Waals surface area contributed by atoms with Crippen LogP contribution in [0.2, 0.25) is 0 Å². The Bertz CT molecular complexity index is 230. The summed E-state index contributed by atoms with van der Waals surface area (Å²) in [4.78, 5) is 0. The van der Waals surface area contributed by atoms with Crippen molar-refractivity contribution in [1.29, 1.82) is 0 Å². The Kier molecular flexibility index (Phi) is 7.36. The van der Waals surface area contributed by atoms with Gasteiger partial charge in [-0.3, -0.25) is 9.05 Å². The minimum absolute atomic E-state index is 0.295. The molecule has 17 heavy (non-hydrogen) atoms. The highest BCUT2D eigenvalue weighted by atomic mass is 31.2. The zero-order valence-electron chi connectivity index (χ0n) is 11.1. The monoisotopic (exact) mass is 263 g/mol. The molecule has 1 rings (SSSR count). The molecule has 4 nitrogen and oxygen atoms in total. The normalized spacial score (nSPS) is 18.5. The summed E-state index contributed by atoms with van der Waals surface area (Å²) < 4.78 is 23.3. The minimum atomic E-state index is -3.07. The highest BCUT2D eigenvalue weighted by molar-refractivity contribution is 7.51. The first-order valence-corrected chi connectivity index (χ1v) is 8.41. The average molecular weight is 263 g/mol. The molecule has 1 aliphatic carbocycles. The van der Waals surface area contributed by atoms with E-state index in [1.165, 1.54) is 19.3 Å². The molecule has 1 N–H and O–H groups in total. The summed E-state index contributed by atoms with van der Waals surface area (Å²) >= 11 is 0. The number of hydrogen-bond donors (Lipinski definition) is 1. The Morgan fingerprint density at radius 2 is 1.59 bits per heavy atom. The quantitative estimate of drug-likeness (QED) is 0.675. The lowest BCUT2D eigenvalue weighted by molar-refractivity contribution is 0.188. The van der Waals surface area contributed by atoms with Crippen molar-refractivity contribution >= 4 is 7.75 Å². The van der Waals surface area contributed by atoms with Gasteiger partial charge in [0.2, 0.25) is 0 Å². The summed E-state index contributed by atoms with van der Waals surface area (Å²) in [7, 11) is -3.07. The predicted molar refractivity (Wildman–Crippen MR) is 70.1 cm³/mol. The van der Waals surface area contributed by atoms with E-state index in [2.05, 4.69) is 5.09 Å². The van der Waals surface area contributed by atoms with Crippen molar-refractivity contribution in [3.8, 4) is 0 Å². The molecule has 0 bridgehead atoms. The maximum Gasteiger partial charge on any atom is 0.405 e. The van der Waals surface area contributed by atoms with Crippen LogP contribution >= 0.6 is 7.75 Å². The molecule has 0 aromatic carbocycles. The summed E-state index contributed by atoms with van der Waals surface area (Å²) in [5.74, 6) is 0. The second kappa shape index (κ2) is 8.25. The van der Waals surface area contributed by atoms with Crippen LogP contribution < -0.4 is 5.09 Å². The minimum Gasteiger partial charge on any atom is -0.297 e. The average Bonchev–Trinajstić information content (AvgIpc) is 2.35. The number of hydrogen-bond acceptors (Lipinski definition) is 3. The van der Waals surface area contributed by atoms with Crippen molar-refractivity contribution in [2.24, 2.45) is 0 Å². The van der Waals surface area contributed by atoms with Crippen molar-refractivity contribution in [3.63, 3.8) is 0 Å². The van der Waals surface area contributed by atoms with Crippen LogP contribution in [0.5, 0.6) is 0 Å². The van der Waals surface area contributed by atoms with Crippen molar-refractivity contribution in [2.75, 3.05) is 13.2 Å². The van der Waals surface area contributed by atoms with Crippen LogP contribution in [0.3, 0.4) is 0 Å². The lowest BCUT2D eigenvalue weighted by atomic mass is 9.96. The first-order valence-electron chi connectivity index (χ1n) is 6.87. The largest absolute Gasteiger partial charge is 0.405 e. The Morgan fingerprint density at radius 3 is 2.06 bits per heavy atom. The molecular weight excluding hydrogens is 237 g/mol. The fourth-order valence-electron chi connectivity index (χ4n) is 1.99. The number of nitrogens with one attached hydrogen (secondary N) is 1. The lowest BCUT2D eigenvalue weighted by Gasteiger charge is -2.27. The molecule has 0 heterocycles. The fourth-order valence-corrected chi connectivity index (χ4v) is 3.76. The van der Waals surface area contributed by atoms with Gasteiger partial charge in [0.1, 0.15) is 0 Å². The van der Waals surface area contributed by atoms with Crippen LogP contribution in [-0.4, -0.2) is 19.3 Å². The molecule has 5 heteroatoms. The van der Waals surface area contributed by atoms with E-state index < -0.39 is 7.75 Å². The van der Waals surface area contributed by atoms with E-state index in [1.54, 1.807) is 0 Å². The molecule has 1 saturated carbocycles. The third-order valence-electron chi connectivity index (χ3n) is 2.88. The predicted octanol–water partition coefficient (Wildman–Crippen LogP) is 3.87. The Morgan fingerprint density at radius 1 is 1.06 bits per heavy atom. The molecule has 0 atom stereocenters. The Labute approximate surface area is 105 Å². The van der Waals surface area contributed by atoms with Gasteiger partial charge < -0.3 is 0 Å². The SMILES string of the molecule is CCCOP(=O)(NC1CCCCC1)OCCC. The summed E-state index contributed by atoms with van der Waals surface area (Å²) in [6.07, 6.45) is 7.56. The summed E-state index contributed by atoms with van der Waals surface area (Å²) in [5, 5.41) is 3.11. The molecule has 0 unspecified atom stereocenters. The lowest BCUT2D eigenvalue weighted by Crippen LogP contribution is -2.30. The molecule has 102 valence electrons. The van der Waals surface area contributed by atoms with Gasteiger partial charge in [-0.1, -0.05) is 33.1 Å². The van der Waals surface area contributed by atoms with E-state index in [9.17, 15) is 4.57 Å². The third-order valence-corrected chi connectivity index (χ3v) is 4.60. The van der Waals surface area contributed by atoms with Gasteiger partial charge in [-0.25, -0.2) is 9.65 Å². The van der Waals surface area contributed by atoms with Crippen molar-refractivity contribution in [2.45, 2.75) is 64.8 Å². The van der Waals surface area contributed by atoms with E-state index in [-0.39, 0.29) is 0 Å². The van der Waals surface area contributed by atoms with Gasteiger partial charge in [0.15, 0.2) is 0 Å². The van der Waals surface area contributed by atoms with E-state index in [0.717, 1.165) is 25.7 Å². The molecule has 0 saturated heterocycles. The zero-order valence-corrected chi connectivity index (χ0v) is 12.0. The molecule has 0 spiro atoms. The molecule has 0 aromatic rings. The molecule has 0 amide bonds. The van der Waals surface area contributed by atoms with Crippen molar-refractivity contribution < 1.29 is 13.6 Å². The topological polar surface area (TPSA) is 47.6 Å². The van der Waals surface area contributed by atoms with Gasteiger partial charge in [-0.15, -0.1) is 0 Å². The van der Waals surface area contributed by atoms with E-state index in [1.807, 2.05) is 13.8 Å². The molecule has 1 aliphatic rings.